The minimum Gasteiger partial charge on any atom is -0.477 e. The molecule has 2 N–H and O–H groups in total. The summed E-state index contributed by atoms with van der Waals surface area (Å²) in [7, 11) is 0. The molecule has 4 nitrogen and oxygen atoms in total. The number of thioether (sulfide) groups is 1. The monoisotopic (exact) mass is 300 g/mol. The third-order valence-corrected chi connectivity index (χ3v) is 4.79. The highest BCUT2D eigenvalue weighted by molar-refractivity contribution is 7.99. The molecule has 2 heterocycles. The second kappa shape index (κ2) is 6.18. The van der Waals surface area contributed by atoms with E-state index in [2.05, 4.69) is 34.6 Å². The molecule has 0 aliphatic carbocycles. The van der Waals surface area contributed by atoms with Crippen molar-refractivity contribution in [1.82, 2.24) is 4.98 Å². The number of carboxylic acid groups (broad SMARTS) is 1. The zero-order valence-electron chi connectivity index (χ0n) is 11.5. The fourth-order valence-electron chi connectivity index (χ4n) is 2.50. The lowest BCUT2D eigenvalue weighted by Crippen LogP contribution is -2.17. The number of nitrogens with one attached hydrogen (secondary N) is 1. The molecule has 0 radical (unpaired) electrons. The third kappa shape index (κ3) is 3.19. The van der Waals surface area contributed by atoms with Crippen molar-refractivity contribution in [3.05, 3.63) is 59.3 Å². The highest BCUT2D eigenvalue weighted by Gasteiger charge is 2.20. The summed E-state index contributed by atoms with van der Waals surface area (Å²) in [6, 6.07) is 13.5. The van der Waals surface area contributed by atoms with Crippen molar-refractivity contribution in [1.29, 1.82) is 0 Å². The minimum atomic E-state index is -1.00. The van der Waals surface area contributed by atoms with E-state index in [1.54, 1.807) is 12.1 Å². The number of rotatable bonds is 4. The maximum Gasteiger partial charge on any atom is 0.354 e. The summed E-state index contributed by atoms with van der Waals surface area (Å²) in [5.74, 6) is 0.723. The smallest absolute Gasteiger partial charge is 0.354 e. The fraction of sp³-hybridized carbons (Fsp3) is 0.250. The first-order valence-electron chi connectivity index (χ1n) is 6.87. The van der Waals surface area contributed by atoms with Crippen LogP contribution in [0.15, 0.2) is 42.5 Å². The summed E-state index contributed by atoms with van der Waals surface area (Å²) in [5, 5.41) is 12.6. The number of anilines is 1. The van der Waals surface area contributed by atoms with Gasteiger partial charge in [0.2, 0.25) is 0 Å². The van der Waals surface area contributed by atoms with Gasteiger partial charge < -0.3 is 10.4 Å². The van der Waals surface area contributed by atoms with E-state index >= 15 is 0 Å². The molecule has 21 heavy (non-hydrogen) atoms. The summed E-state index contributed by atoms with van der Waals surface area (Å²) >= 11 is 1.93. The predicted molar refractivity (Wildman–Crippen MR) is 85.0 cm³/mol. The van der Waals surface area contributed by atoms with Gasteiger partial charge in [0.25, 0.3) is 0 Å². The van der Waals surface area contributed by atoms with Crippen molar-refractivity contribution in [3.8, 4) is 0 Å². The standard InChI is InChI=1S/C16H16N2O2S/c19-16(20)13-6-3-7-15(18-13)17-10-14-12-5-2-1-4-11(12)8-9-21-14/h1-7,14H,8-10H2,(H,17,18)(H,19,20). The molecule has 3 rings (SSSR count). The zero-order valence-corrected chi connectivity index (χ0v) is 12.3. The SMILES string of the molecule is O=C(O)c1cccc(NCC2SCCc3ccccc32)n1. The molecule has 0 saturated heterocycles. The van der Waals surface area contributed by atoms with Crippen LogP contribution in [0.4, 0.5) is 5.82 Å². The van der Waals surface area contributed by atoms with Gasteiger partial charge in [0.15, 0.2) is 5.69 Å². The largest absolute Gasteiger partial charge is 0.477 e. The molecule has 108 valence electrons. The van der Waals surface area contributed by atoms with Crippen LogP contribution in [0.3, 0.4) is 0 Å². The Bertz CT molecular complexity index is 660. The molecule has 0 bridgehead atoms. The number of hydrogen-bond acceptors (Lipinski definition) is 4. The number of aryl methyl sites for hydroxylation is 1. The van der Waals surface area contributed by atoms with E-state index in [-0.39, 0.29) is 5.69 Å². The van der Waals surface area contributed by atoms with E-state index in [9.17, 15) is 4.79 Å². The number of carboxylic acids is 1. The van der Waals surface area contributed by atoms with E-state index in [0.717, 1.165) is 18.7 Å². The molecule has 0 spiro atoms. The third-order valence-electron chi connectivity index (χ3n) is 3.53. The Labute approximate surface area is 127 Å². The lowest BCUT2D eigenvalue weighted by atomic mass is 10.0. The van der Waals surface area contributed by atoms with Gasteiger partial charge in [0.1, 0.15) is 5.82 Å². The van der Waals surface area contributed by atoms with Crippen LogP contribution < -0.4 is 5.32 Å². The van der Waals surface area contributed by atoms with Gasteiger partial charge in [0, 0.05) is 11.8 Å². The van der Waals surface area contributed by atoms with Crippen LogP contribution in [0.25, 0.3) is 0 Å². The number of hydrogen-bond donors (Lipinski definition) is 2. The van der Waals surface area contributed by atoms with Crippen LogP contribution in [-0.4, -0.2) is 28.4 Å². The molecule has 1 unspecified atom stereocenters. The van der Waals surface area contributed by atoms with Gasteiger partial charge >= 0.3 is 5.97 Å². The van der Waals surface area contributed by atoms with E-state index in [1.165, 1.54) is 17.2 Å². The molecule has 2 aromatic rings. The van der Waals surface area contributed by atoms with Gasteiger partial charge in [0.05, 0.1) is 0 Å². The Morgan fingerprint density at radius 2 is 2.14 bits per heavy atom. The molecule has 0 saturated carbocycles. The Morgan fingerprint density at radius 1 is 1.29 bits per heavy atom. The molecule has 1 aromatic heterocycles. The average Bonchev–Trinajstić information content (AvgIpc) is 2.53. The van der Waals surface area contributed by atoms with Gasteiger partial charge in [-0.2, -0.15) is 11.8 Å². The molecule has 1 aromatic carbocycles. The van der Waals surface area contributed by atoms with Crippen molar-refractivity contribution in [2.45, 2.75) is 11.7 Å². The molecule has 1 aliphatic heterocycles. The van der Waals surface area contributed by atoms with Crippen LogP contribution >= 0.6 is 11.8 Å². The summed E-state index contributed by atoms with van der Waals surface area (Å²) < 4.78 is 0. The highest BCUT2D eigenvalue weighted by Crippen LogP contribution is 2.36. The number of fused-ring (bicyclic) bond motifs is 1. The van der Waals surface area contributed by atoms with Crippen LogP contribution in [0.5, 0.6) is 0 Å². The van der Waals surface area contributed by atoms with E-state index in [0.29, 0.717) is 11.1 Å². The topological polar surface area (TPSA) is 62.2 Å². The van der Waals surface area contributed by atoms with Gasteiger partial charge in [-0.1, -0.05) is 30.3 Å². The first-order chi connectivity index (χ1) is 10.2. The quantitative estimate of drug-likeness (QED) is 0.907. The highest BCUT2D eigenvalue weighted by atomic mass is 32.2. The van der Waals surface area contributed by atoms with Crippen molar-refractivity contribution in [3.63, 3.8) is 0 Å². The lowest BCUT2D eigenvalue weighted by Gasteiger charge is -2.25. The van der Waals surface area contributed by atoms with Crippen molar-refractivity contribution in [2.75, 3.05) is 17.6 Å². The van der Waals surface area contributed by atoms with Crippen LogP contribution in [-0.2, 0) is 6.42 Å². The number of pyridine rings is 1. The molecule has 5 heteroatoms. The second-order valence-electron chi connectivity index (χ2n) is 4.90. The second-order valence-corrected chi connectivity index (χ2v) is 6.21. The molecule has 1 atom stereocenters. The van der Waals surface area contributed by atoms with Crippen LogP contribution in [0.2, 0.25) is 0 Å². The summed E-state index contributed by atoms with van der Waals surface area (Å²) in [5.41, 5.74) is 2.85. The first kappa shape index (κ1) is 13.9. The Morgan fingerprint density at radius 3 is 3.00 bits per heavy atom. The van der Waals surface area contributed by atoms with Gasteiger partial charge in [-0.05, 0) is 35.4 Å². The van der Waals surface area contributed by atoms with Crippen molar-refractivity contribution >= 4 is 23.5 Å². The number of aromatic nitrogens is 1. The van der Waals surface area contributed by atoms with E-state index < -0.39 is 5.97 Å². The number of aromatic carboxylic acids is 1. The average molecular weight is 300 g/mol. The van der Waals surface area contributed by atoms with Gasteiger partial charge in [-0.15, -0.1) is 0 Å². The molecule has 1 aliphatic rings. The molecule has 0 fully saturated rings. The summed E-state index contributed by atoms with van der Waals surface area (Å²) in [6.45, 7) is 0.748. The number of benzene rings is 1. The maximum atomic E-state index is 10.9. The fourth-order valence-corrected chi connectivity index (χ4v) is 3.73. The lowest BCUT2D eigenvalue weighted by molar-refractivity contribution is 0.0690. The number of carbonyl (C=O) groups is 1. The van der Waals surface area contributed by atoms with Crippen LogP contribution in [0, 0.1) is 0 Å². The van der Waals surface area contributed by atoms with Gasteiger partial charge in [-0.25, -0.2) is 9.78 Å². The van der Waals surface area contributed by atoms with Gasteiger partial charge in [-0.3, -0.25) is 0 Å². The van der Waals surface area contributed by atoms with Crippen LogP contribution in [0.1, 0.15) is 26.9 Å². The summed E-state index contributed by atoms with van der Waals surface area (Å²) in [4.78, 5) is 15.0. The number of nitrogens with zero attached hydrogens (tertiary/aromatic N) is 1. The first-order valence-corrected chi connectivity index (χ1v) is 7.92. The summed E-state index contributed by atoms with van der Waals surface area (Å²) in [6.07, 6.45) is 1.12. The Kier molecular flexibility index (Phi) is 4.10. The van der Waals surface area contributed by atoms with E-state index in [4.69, 9.17) is 5.11 Å². The minimum absolute atomic E-state index is 0.0664. The van der Waals surface area contributed by atoms with E-state index in [1.807, 2.05) is 11.8 Å². The molecular weight excluding hydrogens is 284 g/mol. The normalized spacial score (nSPS) is 17.0. The Hall–Kier alpha value is -2.01. The zero-order chi connectivity index (χ0) is 14.7. The molecular formula is C16H16N2O2S. The predicted octanol–water partition coefficient (Wildman–Crippen LogP) is 3.22. The van der Waals surface area contributed by atoms with Crippen molar-refractivity contribution in [2.24, 2.45) is 0 Å². The maximum absolute atomic E-state index is 10.9. The van der Waals surface area contributed by atoms with Crippen molar-refractivity contribution < 1.29 is 9.90 Å². The Balaban J connectivity index is 1.71. The molecule has 0 amide bonds.